The molecule has 0 radical (unpaired) electrons. The van der Waals surface area contributed by atoms with Gasteiger partial charge in [0, 0.05) is 11.8 Å². The number of nitrogens with zero attached hydrogens (tertiary/aromatic N) is 3. The van der Waals surface area contributed by atoms with Gasteiger partial charge in [-0.15, -0.1) is 16.4 Å². The Bertz CT molecular complexity index is 937. The Morgan fingerprint density at radius 1 is 1.12 bits per heavy atom. The molecule has 0 aliphatic carbocycles. The zero-order chi connectivity index (χ0) is 18.7. The van der Waals surface area contributed by atoms with E-state index in [2.05, 4.69) is 25.8 Å². The maximum Gasteiger partial charge on any atom is 0.327 e. The highest BCUT2D eigenvalue weighted by Gasteiger charge is 2.16. The van der Waals surface area contributed by atoms with Crippen molar-refractivity contribution in [3.63, 3.8) is 0 Å². The SMILES string of the molecule is COc1ccc(NC(=O)Nc2nnc(-c3sc(C)nc3C)o2)cc1OC. The van der Waals surface area contributed by atoms with Gasteiger partial charge in [-0.25, -0.2) is 9.78 Å². The second-order valence-electron chi connectivity index (χ2n) is 5.21. The minimum absolute atomic E-state index is 0.0107. The number of carbonyl (C=O) groups is 1. The van der Waals surface area contributed by atoms with Crippen molar-refractivity contribution in [3.05, 3.63) is 28.9 Å². The van der Waals surface area contributed by atoms with Crippen molar-refractivity contribution in [1.29, 1.82) is 0 Å². The molecule has 0 saturated carbocycles. The Labute approximate surface area is 153 Å². The predicted molar refractivity (Wildman–Crippen MR) is 97.1 cm³/mol. The molecule has 10 heteroatoms. The second kappa shape index (κ2) is 7.40. The largest absolute Gasteiger partial charge is 0.493 e. The number of anilines is 2. The lowest BCUT2D eigenvalue weighted by molar-refractivity contribution is 0.261. The van der Waals surface area contributed by atoms with E-state index in [9.17, 15) is 4.79 Å². The number of benzene rings is 1. The number of thiazole rings is 1. The molecule has 0 atom stereocenters. The van der Waals surface area contributed by atoms with Gasteiger partial charge in [-0.1, -0.05) is 5.10 Å². The molecule has 9 nitrogen and oxygen atoms in total. The summed E-state index contributed by atoms with van der Waals surface area (Å²) in [6.45, 7) is 3.76. The first-order valence-electron chi connectivity index (χ1n) is 7.58. The molecule has 136 valence electrons. The molecule has 0 aliphatic rings. The lowest BCUT2D eigenvalue weighted by atomic mass is 10.3. The summed E-state index contributed by atoms with van der Waals surface area (Å²) in [7, 11) is 3.06. The number of methoxy groups -OCH3 is 2. The average Bonchev–Trinajstić information content (AvgIpc) is 3.20. The van der Waals surface area contributed by atoms with Crippen LogP contribution in [0.4, 0.5) is 16.5 Å². The molecule has 2 N–H and O–H groups in total. The molecule has 2 amide bonds. The van der Waals surface area contributed by atoms with Crippen LogP contribution in [0.2, 0.25) is 0 Å². The molecule has 0 spiro atoms. The monoisotopic (exact) mass is 375 g/mol. The number of aromatic nitrogens is 3. The van der Waals surface area contributed by atoms with E-state index in [1.807, 2.05) is 13.8 Å². The van der Waals surface area contributed by atoms with Crippen molar-refractivity contribution in [1.82, 2.24) is 15.2 Å². The summed E-state index contributed by atoms with van der Waals surface area (Å²) in [6, 6.07) is 4.48. The highest BCUT2D eigenvalue weighted by Crippen LogP contribution is 2.30. The van der Waals surface area contributed by atoms with E-state index in [4.69, 9.17) is 13.9 Å². The average molecular weight is 375 g/mol. The second-order valence-corrected chi connectivity index (χ2v) is 6.41. The number of ether oxygens (including phenoxy) is 2. The molecule has 0 fully saturated rings. The molecule has 3 aromatic rings. The summed E-state index contributed by atoms with van der Waals surface area (Å²) in [6.07, 6.45) is 0. The number of rotatable bonds is 5. The Balaban J connectivity index is 1.68. The quantitative estimate of drug-likeness (QED) is 0.702. The zero-order valence-corrected chi connectivity index (χ0v) is 15.4. The van der Waals surface area contributed by atoms with Crippen LogP contribution in [0, 0.1) is 13.8 Å². The van der Waals surface area contributed by atoms with E-state index in [-0.39, 0.29) is 6.01 Å². The van der Waals surface area contributed by atoms with Crippen LogP contribution >= 0.6 is 11.3 Å². The van der Waals surface area contributed by atoms with Crippen LogP contribution in [0.3, 0.4) is 0 Å². The molecular formula is C16H17N5O4S. The molecule has 1 aromatic carbocycles. The number of amides is 2. The van der Waals surface area contributed by atoms with Gasteiger partial charge >= 0.3 is 12.0 Å². The van der Waals surface area contributed by atoms with Gasteiger partial charge in [-0.2, -0.15) is 0 Å². The van der Waals surface area contributed by atoms with Gasteiger partial charge in [0.25, 0.3) is 5.89 Å². The van der Waals surface area contributed by atoms with Gasteiger partial charge in [0.05, 0.1) is 24.9 Å². The van der Waals surface area contributed by atoms with Crippen LogP contribution in [-0.4, -0.2) is 35.4 Å². The fourth-order valence-corrected chi connectivity index (χ4v) is 3.11. The van der Waals surface area contributed by atoms with Crippen molar-refractivity contribution in [2.24, 2.45) is 0 Å². The standard InChI is InChI=1S/C16H17N5O4S/c1-8-13(26-9(2)17-8)14-20-21-16(25-14)19-15(22)18-10-5-6-11(23-3)12(7-10)24-4/h5-7H,1-4H3,(H2,18,19,21,22). The van der Waals surface area contributed by atoms with E-state index in [0.29, 0.717) is 23.1 Å². The van der Waals surface area contributed by atoms with Crippen LogP contribution in [0.15, 0.2) is 22.6 Å². The summed E-state index contributed by atoms with van der Waals surface area (Å²) in [5.74, 6) is 1.38. The first-order chi connectivity index (χ1) is 12.5. The Morgan fingerprint density at radius 3 is 2.54 bits per heavy atom. The Hall–Kier alpha value is -3.14. The van der Waals surface area contributed by atoms with E-state index in [1.165, 1.54) is 25.6 Å². The number of aryl methyl sites for hydroxylation is 2. The van der Waals surface area contributed by atoms with Gasteiger partial charge in [0.1, 0.15) is 4.88 Å². The first-order valence-corrected chi connectivity index (χ1v) is 8.39. The minimum atomic E-state index is -0.523. The third-order valence-corrected chi connectivity index (χ3v) is 4.45. The summed E-state index contributed by atoms with van der Waals surface area (Å²) < 4.78 is 15.8. The van der Waals surface area contributed by atoms with Crippen molar-refractivity contribution < 1.29 is 18.7 Å². The van der Waals surface area contributed by atoms with Gasteiger partial charge in [0.2, 0.25) is 0 Å². The van der Waals surface area contributed by atoms with Crippen LogP contribution in [0.1, 0.15) is 10.7 Å². The maximum atomic E-state index is 12.1. The molecule has 0 aliphatic heterocycles. The van der Waals surface area contributed by atoms with Crippen LogP contribution in [0.25, 0.3) is 10.8 Å². The molecule has 26 heavy (non-hydrogen) atoms. The Morgan fingerprint density at radius 2 is 1.88 bits per heavy atom. The van der Waals surface area contributed by atoms with Crippen molar-refractivity contribution in [2.75, 3.05) is 24.9 Å². The van der Waals surface area contributed by atoms with Crippen LogP contribution in [-0.2, 0) is 0 Å². The van der Waals surface area contributed by atoms with E-state index in [1.54, 1.807) is 18.2 Å². The number of urea groups is 1. The smallest absolute Gasteiger partial charge is 0.327 e. The first kappa shape index (κ1) is 17.7. The normalized spacial score (nSPS) is 10.5. The third kappa shape index (κ3) is 3.75. The highest BCUT2D eigenvalue weighted by molar-refractivity contribution is 7.15. The van der Waals surface area contributed by atoms with Crippen molar-refractivity contribution >= 4 is 29.1 Å². The number of hydrogen-bond donors (Lipinski definition) is 2. The fourth-order valence-electron chi connectivity index (χ4n) is 2.27. The molecule has 0 unspecified atom stereocenters. The maximum absolute atomic E-state index is 12.1. The minimum Gasteiger partial charge on any atom is -0.493 e. The van der Waals surface area contributed by atoms with E-state index in [0.717, 1.165) is 15.6 Å². The molecule has 0 saturated heterocycles. The number of hydrogen-bond acceptors (Lipinski definition) is 8. The van der Waals surface area contributed by atoms with Gasteiger partial charge in [-0.3, -0.25) is 5.32 Å². The number of carbonyl (C=O) groups excluding carboxylic acids is 1. The summed E-state index contributed by atoms with van der Waals surface area (Å²) in [5.41, 5.74) is 1.33. The van der Waals surface area contributed by atoms with Gasteiger partial charge in [-0.05, 0) is 26.0 Å². The third-order valence-electron chi connectivity index (χ3n) is 3.38. The molecule has 2 heterocycles. The molecule has 2 aromatic heterocycles. The number of nitrogens with one attached hydrogen (secondary N) is 2. The van der Waals surface area contributed by atoms with E-state index >= 15 is 0 Å². The van der Waals surface area contributed by atoms with Crippen molar-refractivity contribution in [2.45, 2.75) is 13.8 Å². The lowest BCUT2D eigenvalue weighted by Crippen LogP contribution is -2.19. The summed E-state index contributed by atoms with van der Waals surface area (Å²) in [5, 5.41) is 13.8. The zero-order valence-electron chi connectivity index (χ0n) is 14.6. The summed E-state index contributed by atoms with van der Waals surface area (Å²) in [4.78, 5) is 17.2. The van der Waals surface area contributed by atoms with Crippen LogP contribution in [0.5, 0.6) is 11.5 Å². The van der Waals surface area contributed by atoms with Crippen molar-refractivity contribution in [3.8, 4) is 22.3 Å². The lowest BCUT2D eigenvalue weighted by Gasteiger charge is -2.10. The molecule has 3 rings (SSSR count). The topological polar surface area (TPSA) is 111 Å². The summed E-state index contributed by atoms with van der Waals surface area (Å²) >= 11 is 1.45. The molecule has 0 bridgehead atoms. The van der Waals surface area contributed by atoms with E-state index < -0.39 is 6.03 Å². The fraction of sp³-hybridized carbons (Fsp3) is 0.250. The molecular weight excluding hydrogens is 358 g/mol. The predicted octanol–water partition coefficient (Wildman–Crippen LogP) is 3.47. The Kier molecular flexibility index (Phi) is 5.03. The van der Waals surface area contributed by atoms with Crippen LogP contribution < -0.4 is 20.1 Å². The van der Waals surface area contributed by atoms with Gasteiger partial charge in [0.15, 0.2) is 11.5 Å². The van der Waals surface area contributed by atoms with Gasteiger partial charge < -0.3 is 19.2 Å². The highest BCUT2D eigenvalue weighted by atomic mass is 32.1.